The van der Waals surface area contributed by atoms with Crippen molar-refractivity contribution in [3.63, 3.8) is 0 Å². The first-order chi connectivity index (χ1) is 10.6. The van der Waals surface area contributed by atoms with Crippen molar-refractivity contribution in [2.24, 2.45) is 5.16 Å². The topological polar surface area (TPSA) is 50.7 Å². The molecule has 0 unspecified atom stereocenters. The molecule has 0 heterocycles. The normalized spacial score (nSPS) is 10.7. The molecule has 2 aromatic rings. The van der Waals surface area contributed by atoms with Crippen molar-refractivity contribution in [2.45, 2.75) is 0 Å². The number of rotatable bonds is 5. The van der Waals surface area contributed by atoms with Crippen LogP contribution in [-0.2, 0) is 9.63 Å². The van der Waals surface area contributed by atoms with Gasteiger partial charge in [-0.3, -0.25) is 4.79 Å². The second-order valence-electron chi connectivity index (χ2n) is 4.20. The second-order valence-corrected chi connectivity index (χ2v) is 5.90. The molecule has 1 N–H and O–H groups in total. The van der Waals surface area contributed by atoms with Gasteiger partial charge in [0, 0.05) is 15.1 Å². The summed E-state index contributed by atoms with van der Waals surface area (Å²) in [5, 5.41) is 7.22. The van der Waals surface area contributed by atoms with E-state index in [0.29, 0.717) is 15.7 Å². The van der Waals surface area contributed by atoms with E-state index in [0.717, 1.165) is 10.0 Å². The van der Waals surface area contributed by atoms with Crippen molar-refractivity contribution in [2.75, 3.05) is 11.9 Å². The predicted octanol–water partition coefficient (Wildman–Crippen LogP) is 4.75. The van der Waals surface area contributed by atoms with Gasteiger partial charge >= 0.3 is 0 Å². The van der Waals surface area contributed by atoms with Gasteiger partial charge in [-0.15, -0.1) is 0 Å². The summed E-state index contributed by atoms with van der Waals surface area (Å²) in [5.74, 6) is -0.381. The number of benzene rings is 2. The van der Waals surface area contributed by atoms with E-state index in [1.807, 2.05) is 24.3 Å². The highest BCUT2D eigenvalue weighted by Crippen LogP contribution is 2.25. The van der Waals surface area contributed by atoms with Gasteiger partial charge in [-0.25, -0.2) is 0 Å². The highest BCUT2D eigenvalue weighted by Gasteiger charge is 2.07. The van der Waals surface area contributed by atoms with Crippen LogP contribution in [0.3, 0.4) is 0 Å². The lowest BCUT2D eigenvalue weighted by molar-refractivity contribution is -0.120. The van der Waals surface area contributed by atoms with Gasteiger partial charge < -0.3 is 10.2 Å². The molecule has 2 aromatic carbocycles. The number of oxime groups is 1. The highest BCUT2D eigenvalue weighted by atomic mass is 79.9. The van der Waals surface area contributed by atoms with E-state index in [1.165, 1.54) is 6.21 Å². The molecule has 0 aliphatic carbocycles. The maximum absolute atomic E-state index is 11.7. The Morgan fingerprint density at radius 1 is 1.27 bits per heavy atom. The minimum absolute atomic E-state index is 0.232. The number of anilines is 1. The summed E-state index contributed by atoms with van der Waals surface area (Å²) in [5.41, 5.74) is 1.28. The van der Waals surface area contributed by atoms with Gasteiger partial charge in [0.25, 0.3) is 5.91 Å². The van der Waals surface area contributed by atoms with Crippen molar-refractivity contribution >= 4 is 56.9 Å². The zero-order valence-corrected chi connectivity index (χ0v) is 14.3. The molecule has 0 radical (unpaired) electrons. The predicted molar refractivity (Wildman–Crippen MR) is 92.8 cm³/mol. The first-order valence-corrected chi connectivity index (χ1v) is 7.76. The molecule has 7 heteroatoms. The fourth-order valence-electron chi connectivity index (χ4n) is 1.55. The zero-order valence-electron chi connectivity index (χ0n) is 11.2. The fraction of sp³-hybridized carbons (Fsp3) is 0.0667. The minimum atomic E-state index is -0.381. The minimum Gasteiger partial charge on any atom is -0.386 e. The largest absolute Gasteiger partial charge is 0.386 e. The van der Waals surface area contributed by atoms with E-state index in [4.69, 9.17) is 28.0 Å². The monoisotopic (exact) mass is 400 g/mol. The average molecular weight is 402 g/mol. The van der Waals surface area contributed by atoms with E-state index in [2.05, 4.69) is 26.4 Å². The van der Waals surface area contributed by atoms with Crippen LogP contribution in [0.1, 0.15) is 5.56 Å². The Kier molecular flexibility index (Phi) is 6.24. The average Bonchev–Trinajstić information content (AvgIpc) is 2.49. The Labute approximate surface area is 146 Å². The van der Waals surface area contributed by atoms with Gasteiger partial charge in [0.05, 0.1) is 16.9 Å². The van der Waals surface area contributed by atoms with Crippen LogP contribution in [0.4, 0.5) is 5.69 Å². The first-order valence-electron chi connectivity index (χ1n) is 6.21. The molecule has 0 atom stereocenters. The summed E-state index contributed by atoms with van der Waals surface area (Å²) < 4.78 is 0.887. The van der Waals surface area contributed by atoms with Crippen molar-refractivity contribution in [1.29, 1.82) is 0 Å². The standard InChI is InChI=1S/C15H11BrCl2N2O2/c16-12-4-2-1-3-10(12)8-19-22-9-15(21)20-14-7-11(17)5-6-13(14)18/h1-8H,9H2,(H,20,21)/b19-8-. The van der Waals surface area contributed by atoms with E-state index in [-0.39, 0.29) is 12.5 Å². The van der Waals surface area contributed by atoms with Gasteiger partial charge in [-0.05, 0) is 24.3 Å². The Balaban J connectivity index is 1.86. The van der Waals surface area contributed by atoms with E-state index in [1.54, 1.807) is 18.2 Å². The quantitative estimate of drug-likeness (QED) is 0.580. The van der Waals surface area contributed by atoms with Crippen molar-refractivity contribution in [3.05, 3.63) is 62.5 Å². The number of carbonyl (C=O) groups excluding carboxylic acids is 1. The SMILES string of the molecule is O=C(CO/N=C\c1ccccc1Br)Nc1cc(Cl)ccc1Cl. The Hall–Kier alpha value is -1.56. The maximum Gasteiger partial charge on any atom is 0.265 e. The second kappa shape index (κ2) is 8.17. The van der Waals surface area contributed by atoms with Crippen molar-refractivity contribution in [3.8, 4) is 0 Å². The maximum atomic E-state index is 11.7. The summed E-state index contributed by atoms with van der Waals surface area (Å²) in [7, 11) is 0. The number of hydrogen-bond acceptors (Lipinski definition) is 3. The summed E-state index contributed by atoms with van der Waals surface area (Å²) in [4.78, 5) is 16.7. The summed E-state index contributed by atoms with van der Waals surface area (Å²) in [6.45, 7) is -0.232. The molecule has 0 aliphatic heterocycles. The van der Waals surface area contributed by atoms with Gasteiger partial charge in [-0.2, -0.15) is 0 Å². The van der Waals surface area contributed by atoms with Crippen molar-refractivity contribution in [1.82, 2.24) is 0 Å². The van der Waals surface area contributed by atoms with Crippen LogP contribution >= 0.6 is 39.1 Å². The van der Waals surface area contributed by atoms with Crippen LogP contribution in [0, 0.1) is 0 Å². The fourth-order valence-corrected chi connectivity index (χ4v) is 2.27. The van der Waals surface area contributed by atoms with Gasteiger partial charge in [0.15, 0.2) is 6.61 Å². The molecule has 22 heavy (non-hydrogen) atoms. The molecule has 0 spiro atoms. The van der Waals surface area contributed by atoms with Crippen LogP contribution < -0.4 is 5.32 Å². The third kappa shape index (κ3) is 5.02. The zero-order chi connectivity index (χ0) is 15.9. The lowest BCUT2D eigenvalue weighted by Gasteiger charge is -2.06. The smallest absolute Gasteiger partial charge is 0.265 e. The van der Waals surface area contributed by atoms with Crippen molar-refractivity contribution < 1.29 is 9.63 Å². The number of nitrogens with zero attached hydrogens (tertiary/aromatic N) is 1. The third-order valence-electron chi connectivity index (χ3n) is 2.57. The summed E-state index contributed by atoms with van der Waals surface area (Å²) >= 11 is 15.2. The molecule has 2 rings (SSSR count). The van der Waals surface area contributed by atoms with Crippen LogP contribution in [0.15, 0.2) is 52.1 Å². The Morgan fingerprint density at radius 3 is 2.82 bits per heavy atom. The van der Waals surface area contributed by atoms with E-state index in [9.17, 15) is 4.79 Å². The number of halogens is 3. The summed E-state index contributed by atoms with van der Waals surface area (Å²) in [6.07, 6.45) is 1.52. The Bertz CT molecular complexity index is 708. The van der Waals surface area contributed by atoms with Crippen LogP contribution in [-0.4, -0.2) is 18.7 Å². The molecule has 1 amide bonds. The molecule has 0 aromatic heterocycles. The van der Waals surface area contributed by atoms with E-state index >= 15 is 0 Å². The molecular formula is C15H11BrCl2N2O2. The number of amides is 1. The molecule has 4 nitrogen and oxygen atoms in total. The molecule has 0 saturated carbocycles. The van der Waals surface area contributed by atoms with Crippen LogP contribution in [0.25, 0.3) is 0 Å². The van der Waals surface area contributed by atoms with Crippen LogP contribution in [0.5, 0.6) is 0 Å². The summed E-state index contributed by atoms with van der Waals surface area (Å²) in [6, 6.07) is 12.3. The van der Waals surface area contributed by atoms with Gasteiger partial charge in [-0.1, -0.05) is 62.5 Å². The number of hydrogen-bond donors (Lipinski definition) is 1. The highest BCUT2D eigenvalue weighted by molar-refractivity contribution is 9.10. The molecule has 0 saturated heterocycles. The van der Waals surface area contributed by atoms with Crippen LogP contribution in [0.2, 0.25) is 10.0 Å². The van der Waals surface area contributed by atoms with E-state index < -0.39 is 0 Å². The third-order valence-corrected chi connectivity index (χ3v) is 3.86. The Morgan fingerprint density at radius 2 is 2.05 bits per heavy atom. The molecule has 0 fully saturated rings. The lowest BCUT2D eigenvalue weighted by atomic mass is 10.2. The molecule has 0 aliphatic rings. The first kappa shape index (κ1) is 16.8. The molecule has 114 valence electrons. The lowest BCUT2D eigenvalue weighted by Crippen LogP contribution is -2.17. The van der Waals surface area contributed by atoms with Gasteiger partial charge in [0.2, 0.25) is 0 Å². The molecule has 0 bridgehead atoms. The number of nitrogens with one attached hydrogen (secondary N) is 1. The number of carbonyl (C=O) groups is 1. The molecular weight excluding hydrogens is 391 g/mol. The van der Waals surface area contributed by atoms with Gasteiger partial charge in [0.1, 0.15) is 0 Å².